The minimum atomic E-state index is -1.03. The lowest BCUT2D eigenvalue weighted by atomic mass is 9.87. The van der Waals surface area contributed by atoms with Gasteiger partial charge < -0.3 is 15.7 Å². The number of thiophene rings is 1. The van der Waals surface area contributed by atoms with E-state index in [0.29, 0.717) is 0 Å². The lowest BCUT2D eigenvalue weighted by Crippen LogP contribution is -2.53. The van der Waals surface area contributed by atoms with Crippen LogP contribution in [0.4, 0.5) is 4.79 Å². The number of carboxylic acid groups (broad SMARTS) is 1. The molecule has 0 saturated heterocycles. The Labute approximate surface area is 129 Å². The predicted octanol–water partition coefficient (Wildman–Crippen LogP) is 2.79. The number of urea groups is 1. The van der Waals surface area contributed by atoms with Crippen LogP contribution in [0.2, 0.25) is 0 Å². The molecule has 2 amide bonds. The highest BCUT2D eigenvalue weighted by Crippen LogP contribution is 2.19. The molecule has 1 rings (SSSR count). The van der Waals surface area contributed by atoms with Gasteiger partial charge in [0.2, 0.25) is 0 Å². The molecular weight excluding hydrogens is 288 g/mol. The number of aliphatic carboxylic acids is 1. The summed E-state index contributed by atoms with van der Waals surface area (Å²) in [7, 11) is 0. The zero-order valence-corrected chi connectivity index (χ0v) is 14.0. The van der Waals surface area contributed by atoms with Crippen LogP contribution in [-0.4, -0.2) is 29.2 Å². The maximum Gasteiger partial charge on any atom is 0.326 e. The van der Waals surface area contributed by atoms with Crippen molar-refractivity contribution < 1.29 is 14.7 Å². The first-order valence-corrected chi connectivity index (χ1v) is 7.76. The number of rotatable bonds is 5. The van der Waals surface area contributed by atoms with Crippen molar-refractivity contribution >= 4 is 23.3 Å². The maximum absolute atomic E-state index is 11.9. The Morgan fingerprint density at radius 1 is 1.29 bits per heavy atom. The molecule has 1 aromatic heterocycles. The zero-order chi connectivity index (χ0) is 16.2. The van der Waals surface area contributed by atoms with Gasteiger partial charge in [-0.25, -0.2) is 9.59 Å². The first kappa shape index (κ1) is 17.5. The van der Waals surface area contributed by atoms with Crippen LogP contribution < -0.4 is 10.6 Å². The van der Waals surface area contributed by atoms with Gasteiger partial charge in [-0.2, -0.15) is 0 Å². The molecule has 0 aliphatic carbocycles. The van der Waals surface area contributed by atoms with E-state index < -0.39 is 23.5 Å². The van der Waals surface area contributed by atoms with Crippen LogP contribution in [0.15, 0.2) is 12.1 Å². The summed E-state index contributed by atoms with van der Waals surface area (Å²) < 4.78 is 0. The first-order valence-electron chi connectivity index (χ1n) is 6.94. The quantitative estimate of drug-likeness (QED) is 0.782. The van der Waals surface area contributed by atoms with Crippen LogP contribution in [0.3, 0.4) is 0 Å². The second-order valence-electron chi connectivity index (χ2n) is 6.37. The third-order valence-electron chi connectivity index (χ3n) is 3.07. The summed E-state index contributed by atoms with van der Waals surface area (Å²) in [6.45, 7) is 9.29. The van der Waals surface area contributed by atoms with Crippen LogP contribution in [0.25, 0.3) is 0 Å². The normalized spacial score (nSPS) is 14.3. The predicted molar refractivity (Wildman–Crippen MR) is 84.8 cm³/mol. The number of hydrogen-bond donors (Lipinski definition) is 3. The summed E-state index contributed by atoms with van der Waals surface area (Å²) in [5.41, 5.74) is -0.544. The fourth-order valence-corrected chi connectivity index (χ4v) is 3.01. The molecule has 21 heavy (non-hydrogen) atoms. The van der Waals surface area contributed by atoms with E-state index in [1.807, 2.05) is 26.0 Å². The van der Waals surface area contributed by atoms with Crippen molar-refractivity contribution in [3.63, 3.8) is 0 Å². The molecule has 1 heterocycles. The third-order valence-corrected chi connectivity index (χ3v) is 4.09. The highest BCUT2D eigenvalue weighted by molar-refractivity contribution is 7.11. The lowest BCUT2D eigenvalue weighted by Gasteiger charge is -2.28. The van der Waals surface area contributed by atoms with Crippen molar-refractivity contribution in [2.45, 2.75) is 53.1 Å². The molecule has 0 radical (unpaired) electrons. The first-order chi connectivity index (χ1) is 9.59. The van der Waals surface area contributed by atoms with Gasteiger partial charge in [0, 0.05) is 22.2 Å². The zero-order valence-electron chi connectivity index (χ0n) is 13.2. The third kappa shape index (κ3) is 5.75. The summed E-state index contributed by atoms with van der Waals surface area (Å²) in [6.07, 6.45) is 0.735. The SMILES string of the molecule is Cc1ccc(CC(C)NC(=O)N[C@H](C(=O)O)C(C)(C)C)s1. The number of carboxylic acids is 1. The number of aryl methyl sites for hydroxylation is 1. The molecule has 1 aromatic rings. The molecular formula is C15H24N2O3S. The number of hydrogen-bond acceptors (Lipinski definition) is 3. The van der Waals surface area contributed by atoms with Crippen LogP contribution in [-0.2, 0) is 11.2 Å². The van der Waals surface area contributed by atoms with Gasteiger partial charge in [-0.3, -0.25) is 0 Å². The van der Waals surface area contributed by atoms with E-state index in [4.69, 9.17) is 0 Å². The van der Waals surface area contributed by atoms with Crippen molar-refractivity contribution in [1.82, 2.24) is 10.6 Å². The Balaban J connectivity index is 2.54. The molecule has 6 heteroatoms. The van der Waals surface area contributed by atoms with Crippen LogP contribution in [0.5, 0.6) is 0 Å². The highest BCUT2D eigenvalue weighted by atomic mass is 32.1. The molecule has 0 saturated carbocycles. The summed E-state index contributed by atoms with van der Waals surface area (Å²) in [6, 6.07) is 2.67. The van der Waals surface area contributed by atoms with E-state index in [1.165, 1.54) is 9.75 Å². The molecule has 2 atom stereocenters. The van der Waals surface area contributed by atoms with Crippen LogP contribution >= 0.6 is 11.3 Å². The van der Waals surface area contributed by atoms with E-state index in [-0.39, 0.29) is 6.04 Å². The van der Waals surface area contributed by atoms with Crippen molar-refractivity contribution in [2.24, 2.45) is 5.41 Å². The summed E-state index contributed by atoms with van der Waals surface area (Å²) in [4.78, 5) is 25.6. The Morgan fingerprint density at radius 3 is 2.33 bits per heavy atom. The Kier molecular flexibility index (Phi) is 5.78. The minimum Gasteiger partial charge on any atom is -0.480 e. The number of carbonyl (C=O) groups excluding carboxylic acids is 1. The molecule has 0 aliphatic rings. The van der Waals surface area contributed by atoms with Crippen molar-refractivity contribution in [1.29, 1.82) is 0 Å². The summed E-state index contributed by atoms with van der Waals surface area (Å²) >= 11 is 1.70. The second-order valence-corrected chi connectivity index (χ2v) is 7.75. The standard InChI is InChI=1S/C15H24N2O3S/c1-9(8-11-7-6-10(2)21-11)16-14(20)17-12(13(18)19)15(3,4)5/h6-7,9,12H,8H2,1-5H3,(H,18,19)(H2,16,17,20)/t9?,12-/m1/s1. The average Bonchev–Trinajstić information content (AvgIpc) is 2.69. The summed E-state index contributed by atoms with van der Waals surface area (Å²) in [5.74, 6) is -1.03. The molecule has 3 N–H and O–H groups in total. The Bertz CT molecular complexity index is 505. The number of amides is 2. The topological polar surface area (TPSA) is 78.4 Å². The van der Waals surface area contributed by atoms with Gasteiger partial charge in [0.25, 0.3) is 0 Å². The second kappa shape index (κ2) is 6.93. The fraction of sp³-hybridized carbons (Fsp3) is 0.600. The highest BCUT2D eigenvalue weighted by Gasteiger charge is 2.32. The number of nitrogens with one attached hydrogen (secondary N) is 2. The van der Waals surface area contributed by atoms with E-state index in [1.54, 1.807) is 32.1 Å². The molecule has 118 valence electrons. The van der Waals surface area contributed by atoms with Gasteiger partial charge in [-0.1, -0.05) is 20.8 Å². The largest absolute Gasteiger partial charge is 0.480 e. The molecule has 1 unspecified atom stereocenters. The van der Waals surface area contributed by atoms with Gasteiger partial charge in [0.05, 0.1) is 0 Å². The van der Waals surface area contributed by atoms with E-state index in [2.05, 4.69) is 10.6 Å². The van der Waals surface area contributed by atoms with Crippen molar-refractivity contribution in [2.75, 3.05) is 0 Å². The monoisotopic (exact) mass is 312 g/mol. The van der Waals surface area contributed by atoms with Gasteiger partial charge in [-0.05, 0) is 31.4 Å². The van der Waals surface area contributed by atoms with Gasteiger partial charge in [0.15, 0.2) is 0 Å². The van der Waals surface area contributed by atoms with E-state index in [9.17, 15) is 14.7 Å². The molecule has 0 fully saturated rings. The minimum absolute atomic E-state index is 0.0579. The van der Waals surface area contributed by atoms with Gasteiger partial charge >= 0.3 is 12.0 Å². The number of carbonyl (C=O) groups is 2. The molecule has 0 aliphatic heterocycles. The lowest BCUT2D eigenvalue weighted by molar-refractivity contribution is -0.141. The smallest absolute Gasteiger partial charge is 0.326 e. The van der Waals surface area contributed by atoms with Crippen LogP contribution in [0, 0.1) is 12.3 Å². The Hall–Kier alpha value is -1.56. The molecule has 0 bridgehead atoms. The fourth-order valence-electron chi connectivity index (χ4n) is 1.99. The molecule has 0 spiro atoms. The Morgan fingerprint density at radius 2 is 1.90 bits per heavy atom. The molecule has 5 nitrogen and oxygen atoms in total. The van der Waals surface area contributed by atoms with Gasteiger partial charge in [-0.15, -0.1) is 11.3 Å². The van der Waals surface area contributed by atoms with Gasteiger partial charge in [0.1, 0.15) is 6.04 Å². The van der Waals surface area contributed by atoms with Crippen molar-refractivity contribution in [3.8, 4) is 0 Å². The summed E-state index contributed by atoms with van der Waals surface area (Å²) in [5, 5.41) is 14.5. The van der Waals surface area contributed by atoms with Crippen LogP contribution in [0.1, 0.15) is 37.4 Å². The molecule has 0 aromatic carbocycles. The average molecular weight is 312 g/mol. The van der Waals surface area contributed by atoms with E-state index >= 15 is 0 Å². The maximum atomic E-state index is 11.9. The van der Waals surface area contributed by atoms with E-state index in [0.717, 1.165) is 6.42 Å². The van der Waals surface area contributed by atoms with Crippen molar-refractivity contribution in [3.05, 3.63) is 21.9 Å².